The first kappa shape index (κ1) is 49.9. The number of hydrogen-bond acceptors (Lipinski definition) is 12. The Morgan fingerprint density at radius 1 is 0.817 bits per heavy atom. The third-order valence-corrected chi connectivity index (χ3v) is 8.75. The van der Waals surface area contributed by atoms with Crippen molar-refractivity contribution >= 4 is 64.2 Å². The summed E-state index contributed by atoms with van der Waals surface area (Å²) in [5, 5.41) is 16.2. The number of imide groups is 1. The molecule has 20 nitrogen and oxygen atoms in total. The molecule has 12 N–H and O–H groups in total. The van der Waals surface area contributed by atoms with E-state index in [-0.39, 0.29) is 50.5 Å². The summed E-state index contributed by atoms with van der Waals surface area (Å²) in [5.41, 5.74) is 16.2. The number of rotatable bonds is 23. The van der Waals surface area contributed by atoms with Gasteiger partial charge in [0.05, 0.1) is 6.54 Å². The van der Waals surface area contributed by atoms with Gasteiger partial charge in [0.15, 0.2) is 5.96 Å². The van der Waals surface area contributed by atoms with E-state index < -0.39 is 83.5 Å². The normalized spacial score (nSPS) is 13.2. The first-order valence-corrected chi connectivity index (χ1v) is 19.9. The molecular weight excluding hydrogens is 780 g/mol. The highest BCUT2D eigenvalue weighted by Crippen LogP contribution is 2.22. The molecule has 7 amide bonds. The predicted octanol–water partition coefficient (Wildman–Crippen LogP) is 1.06. The van der Waals surface area contributed by atoms with E-state index in [1.54, 1.807) is 59.7 Å². The fourth-order valence-corrected chi connectivity index (χ4v) is 5.88. The molecule has 0 radical (unpaired) electrons. The number of unbranched alkanes of at least 4 members (excludes halogenated alkanes) is 1. The first-order valence-electron chi connectivity index (χ1n) is 19.9. The van der Waals surface area contributed by atoms with E-state index in [0.717, 1.165) is 0 Å². The van der Waals surface area contributed by atoms with Crippen LogP contribution in [-0.4, -0.2) is 90.4 Å². The summed E-state index contributed by atoms with van der Waals surface area (Å²) >= 11 is 0. The summed E-state index contributed by atoms with van der Waals surface area (Å²) < 4.78 is 10.6. The van der Waals surface area contributed by atoms with Crippen LogP contribution >= 0.6 is 0 Å². The van der Waals surface area contributed by atoms with Crippen molar-refractivity contribution in [2.75, 3.05) is 18.4 Å². The number of aryl methyl sites for hydroxylation is 1. The Kier molecular flexibility index (Phi) is 20.0. The zero-order chi connectivity index (χ0) is 45.2. The number of alkyl carbamates (subject to hydrolysis) is 1. The monoisotopic (exact) mass is 842 g/mol. The van der Waals surface area contributed by atoms with Gasteiger partial charge in [0.25, 0.3) is 0 Å². The lowest BCUT2D eigenvalue weighted by Gasteiger charge is -2.26. The maximum Gasteiger partial charge on any atom is 0.408 e. The fourth-order valence-electron chi connectivity index (χ4n) is 5.88. The number of hydrogen-bond donors (Lipinski definition) is 9. The molecule has 0 saturated carbocycles. The van der Waals surface area contributed by atoms with E-state index >= 15 is 0 Å². The van der Waals surface area contributed by atoms with Crippen LogP contribution in [0.5, 0.6) is 0 Å². The number of nitrogens with one attached hydrogen (secondary N) is 6. The van der Waals surface area contributed by atoms with Crippen LogP contribution < -0.4 is 54.7 Å². The van der Waals surface area contributed by atoms with Gasteiger partial charge >= 0.3 is 11.7 Å². The van der Waals surface area contributed by atoms with Crippen LogP contribution in [0.15, 0.2) is 38.5 Å². The summed E-state index contributed by atoms with van der Waals surface area (Å²) in [7, 11) is 0. The predicted molar refractivity (Wildman–Crippen MR) is 225 cm³/mol. The maximum absolute atomic E-state index is 13.6. The van der Waals surface area contributed by atoms with Gasteiger partial charge in [-0.05, 0) is 83.4 Å². The van der Waals surface area contributed by atoms with Crippen LogP contribution in [0, 0.1) is 12.8 Å². The van der Waals surface area contributed by atoms with E-state index in [1.165, 1.54) is 6.07 Å². The SMILES string of the molecule is CCCC[C@H](NC(=O)OC(C)(C)C)C(=O)N[C@@H](CCC(N)=O)C(=O)N[C@@H](CC(C)C)C(=O)NCC(=O)NC(=O)[C@H](CCCN=C(N)N)Nc1ccc2c(C)cc(=O)oc2c1. The van der Waals surface area contributed by atoms with Gasteiger partial charge in [-0.1, -0.05) is 33.6 Å². The minimum absolute atomic E-state index is 0.112. The van der Waals surface area contributed by atoms with E-state index in [9.17, 15) is 38.4 Å². The Bertz CT molecular complexity index is 1920. The van der Waals surface area contributed by atoms with Crippen LogP contribution in [0.2, 0.25) is 0 Å². The highest BCUT2D eigenvalue weighted by molar-refractivity contribution is 6.01. The molecular formula is C40H62N10O10. The molecule has 0 unspecified atom stereocenters. The molecule has 1 heterocycles. The molecule has 2 rings (SSSR count). The number of primary amides is 1. The molecule has 2 aromatic rings. The largest absolute Gasteiger partial charge is 0.444 e. The molecule has 0 saturated heterocycles. The van der Waals surface area contributed by atoms with Gasteiger partial charge in [-0.15, -0.1) is 0 Å². The van der Waals surface area contributed by atoms with E-state index in [4.69, 9.17) is 26.4 Å². The smallest absolute Gasteiger partial charge is 0.408 e. The lowest BCUT2D eigenvalue weighted by molar-refractivity contribution is -0.134. The van der Waals surface area contributed by atoms with Crippen molar-refractivity contribution in [3.63, 3.8) is 0 Å². The number of nitrogens with two attached hydrogens (primary N) is 3. The molecule has 332 valence electrons. The van der Waals surface area contributed by atoms with Gasteiger partial charge in [-0.3, -0.25) is 39.1 Å². The number of nitrogens with zero attached hydrogens (tertiary/aromatic N) is 1. The van der Waals surface area contributed by atoms with Gasteiger partial charge in [0.1, 0.15) is 35.4 Å². The van der Waals surface area contributed by atoms with Crippen molar-refractivity contribution in [2.45, 2.75) is 130 Å². The number of carbonyl (C=O) groups is 7. The Balaban J connectivity index is 2.18. The second kappa shape index (κ2) is 24.0. The van der Waals surface area contributed by atoms with Crippen LogP contribution in [-0.2, 0) is 33.5 Å². The fraction of sp³-hybridized carbons (Fsp3) is 0.575. The van der Waals surface area contributed by atoms with Crippen molar-refractivity contribution in [3.8, 4) is 0 Å². The van der Waals surface area contributed by atoms with Gasteiger partial charge in [0, 0.05) is 36.2 Å². The number of aliphatic imine (C=N–C) groups is 1. The number of amides is 7. The molecule has 4 atom stereocenters. The Morgan fingerprint density at radius 2 is 1.45 bits per heavy atom. The Labute approximate surface area is 349 Å². The number of fused-ring (bicyclic) bond motifs is 1. The highest BCUT2D eigenvalue weighted by atomic mass is 16.6. The molecule has 0 bridgehead atoms. The van der Waals surface area contributed by atoms with Crippen molar-refractivity contribution < 1.29 is 42.7 Å². The lowest BCUT2D eigenvalue weighted by Crippen LogP contribution is -2.57. The molecule has 0 spiro atoms. The third kappa shape index (κ3) is 18.6. The van der Waals surface area contributed by atoms with Crippen LogP contribution in [0.1, 0.15) is 98.5 Å². The van der Waals surface area contributed by atoms with Crippen LogP contribution in [0.4, 0.5) is 10.5 Å². The number of ether oxygens (including phenoxy) is 1. The number of benzene rings is 1. The standard InChI is InChI=1S/C40H62N10O10/c1-8-9-11-27(49-39(58)60-40(5,6)7)35(55)47-28(15-16-31(41)51)36(56)48-29(18-22(2)3)34(54)45-21-32(52)50-37(57)26(12-10-17-44-38(42)43)46-24-13-14-25-23(4)19-33(53)59-30(25)20-24/h13-14,19-20,22,26-29,46H,8-12,15-18,21H2,1-7H3,(H2,41,51)(H,45,54)(H,47,55)(H,48,56)(H,49,58)(H4,42,43,44)(H,50,52,57)/t26-,27-,28-,29-/m0/s1. The first-order chi connectivity index (χ1) is 28.1. The molecule has 0 aliphatic heterocycles. The topological polar surface area (TPSA) is 322 Å². The summed E-state index contributed by atoms with van der Waals surface area (Å²) in [6.07, 6.45) is 0.785. The lowest BCUT2D eigenvalue weighted by atomic mass is 10.0. The molecule has 0 fully saturated rings. The summed E-state index contributed by atoms with van der Waals surface area (Å²) in [6, 6.07) is 1.72. The molecule has 1 aromatic carbocycles. The van der Waals surface area contributed by atoms with Gasteiger partial charge in [0.2, 0.25) is 35.4 Å². The second-order valence-electron chi connectivity index (χ2n) is 15.8. The van der Waals surface area contributed by atoms with Crippen LogP contribution in [0.25, 0.3) is 11.0 Å². The van der Waals surface area contributed by atoms with Gasteiger partial charge < -0.3 is 52.9 Å². The molecule has 0 aliphatic rings. The molecule has 0 aliphatic carbocycles. The average molecular weight is 843 g/mol. The molecule has 1 aromatic heterocycles. The number of guanidine groups is 1. The Hall–Kier alpha value is -6.21. The number of carbonyl (C=O) groups excluding carboxylic acids is 7. The van der Waals surface area contributed by atoms with Crippen molar-refractivity contribution in [1.29, 1.82) is 0 Å². The second-order valence-corrected chi connectivity index (χ2v) is 15.8. The van der Waals surface area contributed by atoms with E-state index in [0.29, 0.717) is 41.5 Å². The minimum atomic E-state index is -1.34. The summed E-state index contributed by atoms with van der Waals surface area (Å²) in [6.45, 7) is 11.8. The highest BCUT2D eigenvalue weighted by Gasteiger charge is 2.31. The van der Waals surface area contributed by atoms with Gasteiger partial charge in [-0.2, -0.15) is 0 Å². The van der Waals surface area contributed by atoms with Crippen molar-refractivity contribution in [3.05, 3.63) is 40.2 Å². The van der Waals surface area contributed by atoms with Gasteiger partial charge in [-0.25, -0.2) is 9.59 Å². The Morgan fingerprint density at radius 3 is 2.05 bits per heavy atom. The molecule has 60 heavy (non-hydrogen) atoms. The zero-order valence-corrected chi connectivity index (χ0v) is 35.5. The quantitative estimate of drug-likeness (QED) is 0.0328. The summed E-state index contributed by atoms with van der Waals surface area (Å²) in [4.78, 5) is 107. The van der Waals surface area contributed by atoms with Crippen molar-refractivity contribution in [1.82, 2.24) is 26.6 Å². The van der Waals surface area contributed by atoms with E-state index in [2.05, 4.69) is 36.9 Å². The summed E-state index contributed by atoms with van der Waals surface area (Å²) in [5.74, 6) is -4.87. The zero-order valence-electron chi connectivity index (χ0n) is 35.5. The number of anilines is 1. The van der Waals surface area contributed by atoms with Crippen LogP contribution in [0.3, 0.4) is 0 Å². The minimum Gasteiger partial charge on any atom is -0.444 e. The van der Waals surface area contributed by atoms with Crippen molar-refractivity contribution in [2.24, 2.45) is 28.1 Å². The van der Waals surface area contributed by atoms with E-state index in [1.807, 2.05) is 6.92 Å². The maximum atomic E-state index is 13.6. The third-order valence-electron chi connectivity index (χ3n) is 8.75. The molecule has 20 heteroatoms. The average Bonchev–Trinajstić information content (AvgIpc) is 3.13.